The highest BCUT2D eigenvalue weighted by atomic mass is 19.1. The van der Waals surface area contributed by atoms with E-state index in [4.69, 9.17) is 0 Å². The van der Waals surface area contributed by atoms with E-state index in [1.54, 1.807) is 6.07 Å². The maximum Gasteiger partial charge on any atom is 0.126 e. The lowest BCUT2D eigenvalue weighted by Crippen LogP contribution is -2.25. The molecule has 0 heterocycles. The summed E-state index contributed by atoms with van der Waals surface area (Å²) in [6.45, 7) is 4.14. The van der Waals surface area contributed by atoms with E-state index in [-0.39, 0.29) is 5.82 Å². The molecule has 1 heteroatoms. The lowest BCUT2D eigenvalue weighted by Gasteiger charge is -2.38. The number of rotatable bonds is 6. The van der Waals surface area contributed by atoms with Gasteiger partial charge in [-0.1, -0.05) is 75.4 Å². The lowest BCUT2D eigenvalue weighted by atomic mass is 9.68. The molecule has 0 unspecified atom stereocenters. The Morgan fingerprint density at radius 3 is 1.97 bits per heavy atom. The first-order valence-corrected chi connectivity index (χ1v) is 12.5. The molecule has 30 heavy (non-hydrogen) atoms. The summed E-state index contributed by atoms with van der Waals surface area (Å²) in [6.07, 6.45) is 15.7. The molecule has 0 saturated heterocycles. The van der Waals surface area contributed by atoms with Crippen molar-refractivity contribution in [3.8, 4) is 11.1 Å². The molecule has 0 atom stereocenters. The third kappa shape index (κ3) is 5.16. The van der Waals surface area contributed by atoms with Crippen LogP contribution >= 0.6 is 0 Å². The first kappa shape index (κ1) is 21.6. The van der Waals surface area contributed by atoms with Crippen molar-refractivity contribution in [1.82, 2.24) is 0 Å². The Kier molecular flexibility index (Phi) is 7.28. The van der Waals surface area contributed by atoms with Crippen molar-refractivity contribution in [2.75, 3.05) is 0 Å². The fraction of sp³-hybridized carbons (Fsp3) is 0.586. The first-order chi connectivity index (χ1) is 14.6. The van der Waals surface area contributed by atoms with Crippen LogP contribution in [0.15, 0.2) is 42.5 Å². The van der Waals surface area contributed by atoms with E-state index < -0.39 is 0 Å². The van der Waals surface area contributed by atoms with Gasteiger partial charge < -0.3 is 0 Å². The Morgan fingerprint density at radius 1 is 0.767 bits per heavy atom. The van der Waals surface area contributed by atoms with Gasteiger partial charge in [0.25, 0.3) is 0 Å². The zero-order valence-electron chi connectivity index (χ0n) is 19.0. The van der Waals surface area contributed by atoms with Crippen LogP contribution < -0.4 is 0 Å². The van der Waals surface area contributed by atoms with Crippen LogP contribution in [0.1, 0.15) is 94.6 Å². The van der Waals surface area contributed by atoms with Gasteiger partial charge in [0.05, 0.1) is 0 Å². The predicted octanol–water partition coefficient (Wildman–Crippen LogP) is 9.07. The fourth-order valence-corrected chi connectivity index (χ4v) is 6.09. The highest BCUT2D eigenvalue weighted by Gasteiger charge is 2.31. The third-order valence-corrected chi connectivity index (χ3v) is 8.18. The van der Waals surface area contributed by atoms with Crippen LogP contribution in [-0.2, 0) is 0 Å². The van der Waals surface area contributed by atoms with Crippen LogP contribution in [0.4, 0.5) is 4.39 Å². The summed E-state index contributed by atoms with van der Waals surface area (Å²) >= 11 is 0. The average Bonchev–Trinajstić information content (AvgIpc) is 2.80. The summed E-state index contributed by atoms with van der Waals surface area (Å²) in [5.74, 6) is 3.60. The van der Waals surface area contributed by atoms with Crippen molar-refractivity contribution in [2.24, 2.45) is 17.8 Å². The van der Waals surface area contributed by atoms with Gasteiger partial charge in [0.2, 0.25) is 0 Å². The Morgan fingerprint density at radius 2 is 1.37 bits per heavy atom. The summed E-state index contributed by atoms with van der Waals surface area (Å²) in [5.41, 5.74) is 4.28. The quantitative estimate of drug-likeness (QED) is 0.449. The number of hydrogen-bond acceptors (Lipinski definition) is 0. The summed E-state index contributed by atoms with van der Waals surface area (Å²) in [5, 5.41) is 0. The van der Waals surface area contributed by atoms with Crippen molar-refractivity contribution in [2.45, 2.75) is 90.4 Å². The third-order valence-electron chi connectivity index (χ3n) is 8.18. The van der Waals surface area contributed by atoms with Gasteiger partial charge in [-0.15, -0.1) is 0 Å². The van der Waals surface area contributed by atoms with Crippen LogP contribution in [0.5, 0.6) is 0 Å². The van der Waals surface area contributed by atoms with E-state index in [0.717, 1.165) is 28.9 Å². The van der Waals surface area contributed by atoms with Gasteiger partial charge in [-0.25, -0.2) is 4.39 Å². The van der Waals surface area contributed by atoms with E-state index >= 15 is 0 Å². The number of halogens is 1. The normalized spacial score (nSPS) is 27.2. The molecule has 0 aromatic heterocycles. The zero-order valence-corrected chi connectivity index (χ0v) is 19.0. The SMILES string of the molecule is CCCCC1CCC(C2CCC(c3ccc(-c4ccc(C)c(F)c4)cc3)CC2)CC1. The van der Waals surface area contributed by atoms with Crippen LogP contribution in [0.25, 0.3) is 11.1 Å². The maximum absolute atomic E-state index is 13.9. The largest absolute Gasteiger partial charge is 0.207 e. The van der Waals surface area contributed by atoms with Gasteiger partial charge in [-0.3, -0.25) is 0 Å². The van der Waals surface area contributed by atoms with E-state index in [2.05, 4.69) is 31.2 Å². The average molecular weight is 407 g/mol. The predicted molar refractivity (Wildman–Crippen MR) is 126 cm³/mol. The van der Waals surface area contributed by atoms with Crippen LogP contribution in [0.2, 0.25) is 0 Å². The van der Waals surface area contributed by atoms with Crippen molar-refractivity contribution in [1.29, 1.82) is 0 Å². The van der Waals surface area contributed by atoms with Crippen molar-refractivity contribution >= 4 is 0 Å². The number of hydrogen-bond donors (Lipinski definition) is 0. The molecule has 2 aliphatic carbocycles. The molecule has 0 N–H and O–H groups in total. The molecule has 2 aliphatic rings. The van der Waals surface area contributed by atoms with Gasteiger partial charge in [0.1, 0.15) is 5.82 Å². The molecule has 0 amide bonds. The van der Waals surface area contributed by atoms with Crippen molar-refractivity contribution < 1.29 is 4.39 Å². The fourth-order valence-electron chi connectivity index (χ4n) is 6.09. The maximum atomic E-state index is 13.9. The second kappa shape index (κ2) is 10.1. The molecule has 2 fully saturated rings. The topological polar surface area (TPSA) is 0 Å². The molecule has 2 saturated carbocycles. The number of aryl methyl sites for hydroxylation is 1. The minimum absolute atomic E-state index is 0.116. The smallest absolute Gasteiger partial charge is 0.126 e. The van der Waals surface area contributed by atoms with Gasteiger partial charge in [0, 0.05) is 0 Å². The van der Waals surface area contributed by atoms with Crippen LogP contribution in [0, 0.1) is 30.5 Å². The molecule has 2 aromatic carbocycles. The van der Waals surface area contributed by atoms with Crippen LogP contribution in [-0.4, -0.2) is 0 Å². The van der Waals surface area contributed by atoms with Gasteiger partial charge >= 0.3 is 0 Å². The second-order valence-electron chi connectivity index (χ2n) is 10.1. The van der Waals surface area contributed by atoms with Gasteiger partial charge in [-0.05, 0) is 97.4 Å². The minimum atomic E-state index is -0.116. The molecule has 2 aromatic rings. The molecular formula is C29H39F. The van der Waals surface area contributed by atoms with Crippen LogP contribution in [0.3, 0.4) is 0 Å². The standard InChI is InChI=1S/C29H39F/c1-3-4-5-22-7-10-23(11-8-22)24-12-14-25(15-13-24)26-16-18-27(19-17-26)28-9-6-21(2)29(30)20-28/h6,9,16-20,22-25H,3-5,7-8,10-15H2,1-2H3. The molecule has 0 aliphatic heterocycles. The Balaban J connectivity index is 1.28. The van der Waals surface area contributed by atoms with Crippen molar-refractivity contribution in [3.63, 3.8) is 0 Å². The molecule has 0 bridgehead atoms. The van der Waals surface area contributed by atoms with Crippen molar-refractivity contribution in [3.05, 3.63) is 59.4 Å². The van der Waals surface area contributed by atoms with E-state index in [0.29, 0.717) is 11.5 Å². The molecule has 0 radical (unpaired) electrons. The van der Waals surface area contributed by atoms with E-state index in [9.17, 15) is 4.39 Å². The molecular weight excluding hydrogens is 367 g/mol. The summed E-state index contributed by atoms with van der Waals surface area (Å²) in [6, 6.07) is 14.5. The second-order valence-corrected chi connectivity index (χ2v) is 10.1. The molecule has 4 rings (SSSR count). The molecule has 0 spiro atoms. The van der Waals surface area contributed by atoms with Gasteiger partial charge in [0.15, 0.2) is 0 Å². The summed E-state index contributed by atoms with van der Waals surface area (Å²) in [7, 11) is 0. The van der Waals surface area contributed by atoms with E-state index in [1.807, 2.05) is 19.1 Å². The molecule has 0 nitrogen and oxygen atoms in total. The number of unbranched alkanes of at least 4 members (excludes halogenated alkanes) is 1. The minimum Gasteiger partial charge on any atom is -0.207 e. The van der Waals surface area contributed by atoms with Gasteiger partial charge in [-0.2, -0.15) is 0 Å². The number of benzene rings is 2. The summed E-state index contributed by atoms with van der Waals surface area (Å²) < 4.78 is 13.9. The first-order valence-electron chi connectivity index (χ1n) is 12.5. The zero-order chi connectivity index (χ0) is 20.9. The summed E-state index contributed by atoms with van der Waals surface area (Å²) in [4.78, 5) is 0. The Hall–Kier alpha value is -1.63. The monoisotopic (exact) mass is 406 g/mol. The highest BCUT2D eigenvalue weighted by molar-refractivity contribution is 5.64. The lowest BCUT2D eigenvalue weighted by molar-refractivity contribution is 0.156. The highest BCUT2D eigenvalue weighted by Crippen LogP contribution is 2.44. The Labute approximate surface area is 183 Å². The Bertz CT molecular complexity index is 790. The van der Waals surface area contributed by atoms with E-state index in [1.165, 1.54) is 76.2 Å². The molecule has 162 valence electrons.